The van der Waals surface area contributed by atoms with Crippen molar-refractivity contribution in [3.63, 3.8) is 0 Å². The maximum absolute atomic E-state index is 13.3. The van der Waals surface area contributed by atoms with Gasteiger partial charge >= 0.3 is 5.97 Å². The number of carbonyl (C=O) groups excluding carboxylic acids is 1. The molecule has 2 heterocycles. The maximum Gasteiger partial charge on any atom is 0.326 e. The second kappa shape index (κ2) is 7.20. The third-order valence-corrected chi connectivity index (χ3v) is 5.96. The molecule has 142 valence electrons. The van der Waals surface area contributed by atoms with Crippen LogP contribution in [0.4, 0.5) is 0 Å². The van der Waals surface area contributed by atoms with Crippen LogP contribution in [0.25, 0.3) is 0 Å². The number of hydrogen-bond donors (Lipinski definition) is 1. The lowest BCUT2D eigenvalue weighted by molar-refractivity contribution is -0.150. The number of amides is 1. The number of aliphatic carboxylic acids is 1. The van der Waals surface area contributed by atoms with Crippen LogP contribution in [0, 0.1) is 5.92 Å². The van der Waals surface area contributed by atoms with E-state index in [-0.39, 0.29) is 23.3 Å². The molecule has 26 heavy (non-hydrogen) atoms. The Morgan fingerprint density at radius 3 is 2.38 bits per heavy atom. The summed E-state index contributed by atoms with van der Waals surface area (Å²) in [4.78, 5) is 28.7. The van der Waals surface area contributed by atoms with E-state index in [0.29, 0.717) is 24.5 Å². The molecule has 1 N–H and O–H groups in total. The van der Waals surface area contributed by atoms with Crippen LogP contribution in [0.2, 0.25) is 5.02 Å². The first-order valence-corrected chi connectivity index (χ1v) is 9.60. The normalized spacial score (nSPS) is 27.1. The summed E-state index contributed by atoms with van der Waals surface area (Å²) in [7, 11) is 0. The van der Waals surface area contributed by atoms with Crippen molar-refractivity contribution in [2.75, 3.05) is 19.6 Å². The van der Waals surface area contributed by atoms with Gasteiger partial charge in [0.2, 0.25) is 5.91 Å². The van der Waals surface area contributed by atoms with E-state index in [1.807, 2.05) is 24.3 Å². The molecule has 2 saturated heterocycles. The molecule has 0 spiro atoms. The Kier molecular flexibility index (Phi) is 5.31. The van der Waals surface area contributed by atoms with Crippen molar-refractivity contribution in [1.29, 1.82) is 0 Å². The minimum atomic E-state index is -0.899. The first-order chi connectivity index (χ1) is 12.2. The molecule has 0 saturated carbocycles. The molecule has 0 aromatic heterocycles. The third-order valence-electron chi connectivity index (χ3n) is 5.70. The first kappa shape index (κ1) is 19.2. The lowest BCUT2D eigenvalue weighted by Gasteiger charge is -2.32. The second-order valence-electron chi connectivity index (χ2n) is 8.37. The molecular weight excluding hydrogens is 352 g/mol. The number of nitrogens with zero attached hydrogens (tertiary/aromatic N) is 2. The number of carbonyl (C=O) groups is 2. The number of carboxylic acid groups (broad SMARTS) is 1. The van der Waals surface area contributed by atoms with E-state index in [4.69, 9.17) is 11.6 Å². The van der Waals surface area contributed by atoms with Gasteiger partial charge in [0.05, 0.1) is 5.92 Å². The van der Waals surface area contributed by atoms with Crippen LogP contribution >= 0.6 is 11.6 Å². The van der Waals surface area contributed by atoms with Crippen LogP contribution in [0.3, 0.4) is 0 Å². The summed E-state index contributed by atoms with van der Waals surface area (Å²) in [6.45, 7) is 8.42. The number of hydrogen-bond acceptors (Lipinski definition) is 3. The standard InChI is InChI=1S/C20H27ClN2O3/c1-20(2,3)22-11-15(13-6-8-14(21)9-7-13)16(12-22)18(24)23-10-4-5-17(23)19(25)26/h6-9,15-17H,4-5,10-12H2,1-3H3,(H,25,26)/t15-,16+,17-/m0/s1. The van der Waals surface area contributed by atoms with E-state index in [1.165, 1.54) is 0 Å². The highest BCUT2D eigenvalue weighted by atomic mass is 35.5. The van der Waals surface area contributed by atoms with Crippen LogP contribution in [0.15, 0.2) is 24.3 Å². The van der Waals surface area contributed by atoms with Crippen molar-refractivity contribution >= 4 is 23.5 Å². The van der Waals surface area contributed by atoms with Crippen molar-refractivity contribution in [2.24, 2.45) is 5.92 Å². The summed E-state index contributed by atoms with van der Waals surface area (Å²) >= 11 is 6.03. The summed E-state index contributed by atoms with van der Waals surface area (Å²) in [5, 5.41) is 10.1. The van der Waals surface area contributed by atoms with Gasteiger partial charge in [-0.1, -0.05) is 23.7 Å². The van der Waals surface area contributed by atoms with Gasteiger partial charge in [-0.3, -0.25) is 9.69 Å². The minimum Gasteiger partial charge on any atom is -0.480 e. The van der Waals surface area contributed by atoms with E-state index in [1.54, 1.807) is 4.90 Å². The van der Waals surface area contributed by atoms with E-state index in [2.05, 4.69) is 25.7 Å². The second-order valence-corrected chi connectivity index (χ2v) is 8.80. The molecule has 1 aromatic rings. The Balaban J connectivity index is 1.89. The number of halogens is 1. The van der Waals surface area contributed by atoms with E-state index in [0.717, 1.165) is 18.5 Å². The first-order valence-electron chi connectivity index (χ1n) is 9.22. The Labute approximate surface area is 159 Å². The zero-order chi connectivity index (χ0) is 19.1. The summed E-state index contributed by atoms with van der Waals surface area (Å²) in [6.07, 6.45) is 1.30. The third kappa shape index (κ3) is 3.74. The molecule has 2 aliphatic rings. The highest BCUT2D eigenvalue weighted by Crippen LogP contribution is 2.38. The lowest BCUT2D eigenvalue weighted by atomic mass is 9.88. The minimum absolute atomic E-state index is 0.0263. The molecule has 1 amide bonds. The molecule has 3 atom stereocenters. The summed E-state index contributed by atoms with van der Waals surface area (Å²) in [5.74, 6) is -1.10. The quantitative estimate of drug-likeness (QED) is 0.877. The van der Waals surface area contributed by atoms with Crippen LogP contribution < -0.4 is 0 Å². The molecule has 0 radical (unpaired) electrons. The van der Waals surface area contributed by atoms with Crippen LogP contribution in [-0.2, 0) is 9.59 Å². The molecule has 6 heteroatoms. The molecule has 0 bridgehead atoms. The number of carboxylic acids is 1. The number of likely N-dealkylation sites (tertiary alicyclic amines) is 2. The smallest absolute Gasteiger partial charge is 0.326 e. The Morgan fingerprint density at radius 1 is 1.15 bits per heavy atom. The van der Waals surface area contributed by atoms with E-state index < -0.39 is 12.0 Å². The summed E-state index contributed by atoms with van der Waals surface area (Å²) in [6, 6.07) is 7.00. The highest BCUT2D eigenvalue weighted by Gasteiger charge is 2.46. The molecule has 0 aliphatic carbocycles. The fourth-order valence-electron chi connectivity index (χ4n) is 4.15. The van der Waals surface area contributed by atoms with Gasteiger partial charge in [0.25, 0.3) is 0 Å². The number of rotatable bonds is 3. The van der Waals surface area contributed by atoms with Gasteiger partial charge in [0.1, 0.15) is 6.04 Å². The van der Waals surface area contributed by atoms with Crippen LogP contribution in [0.5, 0.6) is 0 Å². The van der Waals surface area contributed by atoms with Crippen molar-refractivity contribution in [1.82, 2.24) is 9.80 Å². The highest BCUT2D eigenvalue weighted by molar-refractivity contribution is 6.30. The topological polar surface area (TPSA) is 60.9 Å². The molecule has 1 aromatic carbocycles. The van der Waals surface area contributed by atoms with E-state index in [9.17, 15) is 14.7 Å². The fourth-order valence-corrected chi connectivity index (χ4v) is 4.28. The molecule has 0 unspecified atom stereocenters. The largest absolute Gasteiger partial charge is 0.480 e. The maximum atomic E-state index is 13.3. The lowest BCUT2D eigenvalue weighted by Crippen LogP contribution is -2.46. The molecular formula is C20H27ClN2O3. The molecule has 2 aliphatic heterocycles. The molecule has 5 nitrogen and oxygen atoms in total. The van der Waals surface area contributed by atoms with Gasteiger partial charge in [-0.05, 0) is 51.3 Å². The SMILES string of the molecule is CC(C)(C)N1C[C@@H](C(=O)N2CCC[C@H]2C(=O)O)[C@H](c2ccc(Cl)cc2)C1. The Morgan fingerprint density at radius 2 is 1.81 bits per heavy atom. The van der Waals surface area contributed by atoms with Crippen molar-refractivity contribution in [2.45, 2.75) is 51.1 Å². The van der Waals surface area contributed by atoms with Crippen molar-refractivity contribution in [3.8, 4) is 0 Å². The van der Waals surface area contributed by atoms with Crippen LogP contribution in [-0.4, -0.2) is 58.0 Å². The van der Waals surface area contributed by atoms with Gasteiger partial charge in [0.15, 0.2) is 0 Å². The van der Waals surface area contributed by atoms with Crippen molar-refractivity contribution in [3.05, 3.63) is 34.9 Å². The average molecular weight is 379 g/mol. The predicted octanol–water partition coefficient (Wildman–Crippen LogP) is 3.23. The summed E-state index contributed by atoms with van der Waals surface area (Å²) < 4.78 is 0. The zero-order valence-electron chi connectivity index (χ0n) is 15.6. The van der Waals surface area contributed by atoms with Gasteiger partial charge < -0.3 is 10.0 Å². The Hall–Kier alpha value is -1.59. The fraction of sp³-hybridized carbons (Fsp3) is 0.600. The van der Waals surface area contributed by atoms with E-state index >= 15 is 0 Å². The summed E-state index contributed by atoms with van der Waals surface area (Å²) in [5.41, 5.74) is 1.04. The zero-order valence-corrected chi connectivity index (χ0v) is 16.4. The van der Waals surface area contributed by atoms with Gasteiger partial charge in [-0.25, -0.2) is 4.79 Å². The Bertz CT molecular complexity index is 683. The number of benzene rings is 1. The van der Waals surface area contributed by atoms with Gasteiger partial charge in [-0.15, -0.1) is 0 Å². The molecule has 2 fully saturated rings. The van der Waals surface area contributed by atoms with Gasteiger partial charge in [-0.2, -0.15) is 0 Å². The van der Waals surface area contributed by atoms with Crippen molar-refractivity contribution < 1.29 is 14.7 Å². The van der Waals surface area contributed by atoms with Gasteiger partial charge in [0, 0.05) is 36.1 Å². The van der Waals surface area contributed by atoms with Crippen LogP contribution in [0.1, 0.15) is 45.1 Å². The predicted molar refractivity (Wildman–Crippen MR) is 101 cm³/mol. The molecule has 3 rings (SSSR count). The monoisotopic (exact) mass is 378 g/mol. The average Bonchev–Trinajstić information content (AvgIpc) is 3.22.